The second kappa shape index (κ2) is 8.18. The lowest BCUT2D eigenvalue weighted by Crippen LogP contribution is -2.16. The van der Waals surface area contributed by atoms with Crippen LogP contribution in [0.5, 0.6) is 0 Å². The lowest BCUT2D eigenvalue weighted by atomic mass is 10.1. The van der Waals surface area contributed by atoms with Gasteiger partial charge in [0.05, 0.1) is 16.9 Å². The number of carbonyl (C=O) groups excluding carboxylic acids is 1. The fourth-order valence-electron chi connectivity index (χ4n) is 2.83. The van der Waals surface area contributed by atoms with E-state index in [-0.39, 0.29) is 11.7 Å². The quantitative estimate of drug-likeness (QED) is 0.512. The molecule has 27 heavy (non-hydrogen) atoms. The molecule has 0 unspecified atom stereocenters. The van der Waals surface area contributed by atoms with Gasteiger partial charge in [0, 0.05) is 24.0 Å². The van der Waals surface area contributed by atoms with Gasteiger partial charge in [-0.15, -0.1) is 0 Å². The molecule has 1 heterocycles. The maximum absolute atomic E-state index is 14.2. The number of anilines is 3. The monoisotopic (exact) mass is 372 g/mol. The number of benzene rings is 2. The lowest BCUT2D eigenvalue weighted by Gasteiger charge is -2.12. The van der Waals surface area contributed by atoms with Crippen LogP contribution in [0.4, 0.5) is 25.8 Å². The van der Waals surface area contributed by atoms with Crippen molar-refractivity contribution >= 4 is 28.5 Å². The van der Waals surface area contributed by atoms with Gasteiger partial charge in [-0.2, -0.15) is 0 Å². The third-order valence-corrected chi connectivity index (χ3v) is 4.21. The van der Waals surface area contributed by atoms with Crippen LogP contribution in [0.2, 0.25) is 0 Å². The highest BCUT2D eigenvalue weighted by atomic mass is 19.1. The highest BCUT2D eigenvalue weighted by molar-refractivity contribution is 6.31. The van der Waals surface area contributed by atoms with Gasteiger partial charge >= 0.3 is 0 Å². The summed E-state index contributed by atoms with van der Waals surface area (Å²) in [7, 11) is 3.99. The Kier molecular flexibility index (Phi) is 5.71. The summed E-state index contributed by atoms with van der Waals surface area (Å²) in [5.41, 5.74) is 2.36. The van der Waals surface area contributed by atoms with Crippen molar-refractivity contribution in [2.75, 3.05) is 43.1 Å². The van der Waals surface area contributed by atoms with Crippen molar-refractivity contribution < 1.29 is 13.6 Å². The number of amides is 1. The minimum absolute atomic E-state index is 0.331. The SMILES string of the molecule is CN(C)CCCNc1ccc(NC=C2C(=O)Nc3cc(F)ccc32)cc1F. The highest BCUT2D eigenvalue weighted by Crippen LogP contribution is 2.32. The van der Waals surface area contributed by atoms with Crippen LogP contribution < -0.4 is 16.0 Å². The zero-order chi connectivity index (χ0) is 19.4. The first-order chi connectivity index (χ1) is 12.9. The molecule has 3 rings (SSSR count). The van der Waals surface area contributed by atoms with E-state index in [1.54, 1.807) is 12.1 Å². The summed E-state index contributed by atoms with van der Waals surface area (Å²) in [4.78, 5) is 14.1. The number of nitrogens with one attached hydrogen (secondary N) is 3. The smallest absolute Gasteiger partial charge is 0.257 e. The van der Waals surface area contributed by atoms with Gasteiger partial charge in [-0.3, -0.25) is 4.79 Å². The molecule has 0 spiro atoms. The van der Waals surface area contributed by atoms with Gasteiger partial charge in [0.15, 0.2) is 0 Å². The summed E-state index contributed by atoms with van der Waals surface area (Å²) in [5, 5.41) is 8.61. The molecule has 0 fully saturated rings. The van der Waals surface area contributed by atoms with Crippen LogP contribution in [0.15, 0.2) is 42.6 Å². The van der Waals surface area contributed by atoms with Gasteiger partial charge in [0.1, 0.15) is 11.6 Å². The van der Waals surface area contributed by atoms with Gasteiger partial charge < -0.3 is 20.9 Å². The molecule has 7 heteroatoms. The molecular weight excluding hydrogens is 350 g/mol. The minimum atomic E-state index is -0.418. The molecule has 0 radical (unpaired) electrons. The molecule has 142 valence electrons. The van der Waals surface area contributed by atoms with Crippen LogP contribution in [0.1, 0.15) is 12.0 Å². The third kappa shape index (κ3) is 4.62. The van der Waals surface area contributed by atoms with Crippen molar-refractivity contribution in [3.05, 3.63) is 59.8 Å². The largest absolute Gasteiger partial charge is 0.383 e. The van der Waals surface area contributed by atoms with Crippen LogP contribution in [-0.4, -0.2) is 38.0 Å². The molecule has 0 atom stereocenters. The fourth-order valence-corrected chi connectivity index (χ4v) is 2.83. The lowest BCUT2D eigenvalue weighted by molar-refractivity contribution is -0.110. The number of rotatable bonds is 7. The number of halogens is 2. The molecule has 1 aliphatic rings. The first-order valence-corrected chi connectivity index (χ1v) is 8.70. The van der Waals surface area contributed by atoms with Crippen molar-refractivity contribution in [2.45, 2.75) is 6.42 Å². The van der Waals surface area contributed by atoms with Gasteiger partial charge in [0.2, 0.25) is 0 Å². The van der Waals surface area contributed by atoms with Crippen LogP contribution in [0, 0.1) is 11.6 Å². The highest BCUT2D eigenvalue weighted by Gasteiger charge is 2.24. The van der Waals surface area contributed by atoms with Gasteiger partial charge in [-0.1, -0.05) is 0 Å². The van der Waals surface area contributed by atoms with Gasteiger partial charge in [0.25, 0.3) is 5.91 Å². The molecule has 0 saturated carbocycles. The Labute approximate surface area is 157 Å². The maximum atomic E-state index is 14.2. The van der Waals surface area contributed by atoms with Crippen molar-refractivity contribution in [1.29, 1.82) is 0 Å². The predicted octanol–water partition coefficient (Wildman–Crippen LogP) is 3.73. The number of hydrogen-bond donors (Lipinski definition) is 3. The average Bonchev–Trinajstić information content (AvgIpc) is 2.92. The van der Waals surface area contributed by atoms with Crippen molar-refractivity contribution in [3.8, 4) is 0 Å². The molecule has 5 nitrogen and oxygen atoms in total. The standard InChI is InChI=1S/C20H22F2N4O/c1-26(2)9-3-8-23-18-7-5-14(11-17(18)22)24-12-16-15-6-4-13(21)10-19(15)25-20(16)27/h4-7,10-12,23-24H,3,8-9H2,1-2H3,(H,25,27). The van der Waals surface area contributed by atoms with E-state index in [4.69, 9.17) is 0 Å². The normalized spacial score (nSPS) is 14.4. The Morgan fingerprint density at radius 3 is 2.70 bits per heavy atom. The van der Waals surface area contributed by atoms with E-state index in [1.165, 1.54) is 30.5 Å². The summed E-state index contributed by atoms with van der Waals surface area (Å²) >= 11 is 0. The third-order valence-electron chi connectivity index (χ3n) is 4.21. The Hall–Kier alpha value is -2.93. The molecule has 0 aliphatic carbocycles. The zero-order valence-corrected chi connectivity index (χ0v) is 15.3. The summed E-state index contributed by atoms with van der Waals surface area (Å²) in [6.07, 6.45) is 2.41. The maximum Gasteiger partial charge on any atom is 0.257 e. The van der Waals surface area contributed by atoms with E-state index in [2.05, 4.69) is 20.9 Å². The Balaban J connectivity index is 1.66. The topological polar surface area (TPSA) is 56.4 Å². The Morgan fingerprint density at radius 1 is 1.15 bits per heavy atom. The van der Waals surface area contributed by atoms with Crippen LogP contribution >= 0.6 is 0 Å². The first-order valence-electron chi connectivity index (χ1n) is 8.70. The molecule has 0 bridgehead atoms. The number of fused-ring (bicyclic) bond motifs is 1. The second-order valence-electron chi connectivity index (χ2n) is 6.62. The zero-order valence-electron chi connectivity index (χ0n) is 15.3. The first kappa shape index (κ1) is 18.8. The van der Waals surface area contributed by atoms with Crippen LogP contribution in [0.25, 0.3) is 5.57 Å². The van der Waals surface area contributed by atoms with E-state index >= 15 is 0 Å². The fraction of sp³-hybridized carbons (Fsp3) is 0.250. The predicted molar refractivity (Wildman–Crippen MR) is 105 cm³/mol. The summed E-state index contributed by atoms with van der Waals surface area (Å²) in [6, 6.07) is 8.85. The molecule has 1 aliphatic heterocycles. The summed E-state index contributed by atoms with van der Waals surface area (Å²) in [5.74, 6) is -1.12. The number of carbonyl (C=O) groups is 1. The molecule has 2 aromatic carbocycles. The average molecular weight is 372 g/mol. The van der Waals surface area contributed by atoms with Crippen molar-refractivity contribution in [3.63, 3.8) is 0 Å². The van der Waals surface area contributed by atoms with Crippen LogP contribution in [0.3, 0.4) is 0 Å². The molecule has 2 aromatic rings. The van der Waals surface area contributed by atoms with Crippen LogP contribution in [-0.2, 0) is 4.79 Å². The molecule has 3 N–H and O–H groups in total. The van der Waals surface area contributed by atoms with E-state index in [1.807, 2.05) is 14.1 Å². The molecule has 1 amide bonds. The van der Waals surface area contributed by atoms with E-state index in [9.17, 15) is 13.6 Å². The molecule has 0 saturated heterocycles. The molecular formula is C20H22F2N4O. The Bertz CT molecular complexity index is 880. The van der Waals surface area contributed by atoms with E-state index in [0.29, 0.717) is 34.7 Å². The minimum Gasteiger partial charge on any atom is -0.383 e. The van der Waals surface area contributed by atoms with Gasteiger partial charge in [-0.05, 0) is 63.5 Å². The number of nitrogens with zero attached hydrogens (tertiary/aromatic N) is 1. The second-order valence-corrected chi connectivity index (χ2v) is 6.62. The van der Waals surface area contributed by atoms with Crippen molar-refractivity contribution in [2.24, 2.45) is 0 Å². The van der Waals surface area contributed by atoms with E-state index in [0.717, 1.165) is 13.0 Å². The van der Waals surface area contributed by atoms with E-state index < -0.39 is 5.82 Å². The number of hydrogen-bond acceptors (Lipinski definition) is 4. The van der Waals surface area contributed by atoms with Crippen molar-refractivity contribution in [1.82, 2.24) is 4.90 Å². The summed E-state index contributed by atoms with van der Waals surface area (Å²) < 4.78 is 27.5. The molecule has 0 aromatic heterocycles. The Morgan fingerprint density at radius 2 is 1.96 bits per heavy atom. The summed E-state index contributed by atoms with van der Waals surface area (Å²) in [6.45, 7) is 1.61. The van der Waals surface area contributed by atoms with Gasteiger partial charge in [-0.25, -0.2) is 8.78 Å².